The summed E-state index contributed by atoms with van der Waals surface area (Å²) in [6, 6.07) is 0. The normalized spacial score (nSPS) is 36.6. The van der Waals surface area contributed by atoms with Gasteiger partial charge in [0.25, 0.3) is 0 Å². The van der Waals surface area contributed by atoms with Gasteiger partial charge in [0.05, 0.1) is 13.2 Å². The van der Waals surface area contributed by atoms with E-state index in [9.17, 15) is 10.2 Å². The highest BCUT2D eigenvalue weighted by Crippen LogP contribution is 2.22. The van der Waals surface area contributed by atoms with E-state index in [1.54, 1.807) is 0 Å². The molecule has 5 atom stereocenters. The van der Waals surface area contributed by atoms with Gasteiger partial charge in [-0.1, -0.05) is 20.3 Å². The van der Waals surface area contributed by atoms with Crippen LogP contribution in [0.1, 0.15) is 26.7 Å². The van der Waals surface area contributed by atoms with Crippen molar-refractivity contribution < 1.29 is 24.8 Å². The zero-order chi connectivity index (χ0) is 12.1. The van der Waals surface area contributed by atoms with Crippen LogP contribution in [0.4, 0.5) is 0 Å². The van der Waals surface area contributed by atoms with Crippen molar-refractivity contribution in [3.8, 4) is 0 Å². The minimum absolute atomic E-state index is 0.316. The van der Waals surface area contributed by atoms with Crippen LogP contribution in [0, 0.1) is 5.92 Å². The number of aliphatic hydroxyl groups is 3. The van der Waals surface area contributed by atoms with Crippen LogP contribution in [0.2, 0.25) is 0 Å². The fourth-order valence-corrected chi connectivity index (χ4v) is 1.59. The van der Waals surface area contributed by atoms with Crippen LogP contribution in [0.15, 0.2) is 0 Å². The van der Waals surface area contributed by atoms with E-state index in [0.717, 1.165) is 12.8 Å². The molecular formula is C11H22O5. The van der Waals surface area contributed by atoms with Gasteiger partial charge in [0.2, 0.25) is 0 Å². The summed E-state index contributed by atoms with van der Waals surface area (Å²) < 4.78 is 10.5. The molecule has 1 heterocycles. The molecule has 0 aromatic heterocycles. The standard InChI is InChI=1S/C11H22O5/c1-3-7(2)4-5-15-11-10(14)9(13)8(6-12)16-11/h7-14H,3-6H2,1-2H3/t7?,8?,9-,10?,11?/m1/s1. The van der Waals surface area contributed by atoms with E-state index in [-0.39, 0.29) is 6.61 Å². The van der Waals surface area contributed by atoms with E-state index in [1.807, 2.05) is 0 Å². The first kappa shape index (κ1) is 13.9. The van der Waals surface area contributed by atoms with Crippen LogP contribution < -0.4 is 0 Å². The van der Waals surface area contributed by atoms with Gasteiger partial charge in [0, 0.05) is 0 Å². The minimum Gasteiger partial charge on any atom is -0.394 e. The van der Waals surface area contributed by atoms with Gasteiger partial charge >= 0.3 is 0 Å². The van der Waals surface area contributed by atoms with Gasteiger partial charge in [-0.05, 0) is 12.3 Å². The van der Waals surface area contributed by atoms with Crippen molar-refractivity contribution in [3.63, 3.8) is 0 Å². The first-order valence-electron chi connectivity index (χ1n) is 5.84. The number of hydrogen-bond donors (Lipinski definition) is 3. The molecule has 0 aromatic rings. The lowest BCUT2D eigenvalue weighted by molar-refractivity contribution is -0.170. The summed E-state index contributed by atoms with van der Waals surface area (Å²) in [6.07, 6.45) is -1.74. The second kappa shape index (κ2) is 6.51. The maximum Gasteiger partial charge on any atom is 0.186 e. The Kier molecular flexibility index (Phi) is 5.64. The minimum atomic E-state index is -1.07. The summed E-state index contributed by atoms with van der Waals surface area (Å²) in [5, 5.41) is 27.9. The van der Waals surface area contributed by atoms with E-state index >= 15 is 0 Å². The molecule has 16 heavy (non-hydrogen) atoms. The summed E-state index contributed by atoms with van der Waals surface area (Å²) in [7, 11) is 0. The van der Waals surface area contributed by atoms with Crippen LogP contribution in [-0.2, 0) is 9.47 Å². The van der Waals surface area contributed by atoms with Crippen LogP contribution in [0.5, 0.6) is 0 Å². The maximum atomic E-state index is 9.57. The van der Waals surface area contributed by atoms with E-state index in [4.69, 9.17) is 14.6 Å². The van der Waals surface area contributed by atoms with Gasteiger partial charge < -0.3 is 24.8 Å². The molecular weight excluding hydrogens is 212 g/mol. The zero-order valence-corrected chi connectivity index (χ0v) is 9.87. The number of hydrogen-bond acceptors (Lipinski definition) is 5. The number of rotatable bonds is 6. The molecule has 96 valence electrons. The lowest BCUT2D eigenvalue weighted by Crippen LogP contribution is -2.34. The van der Waals surface area contributed by atoms with E-state index in [2.05, 4.69) is 13.8 Å². The molecule has 5 heteroatoms. The first-order valence-corrected chi connectivity index (χ1v) is 5.84. The third kappa shape index (κ3) is 3.40. The summed E-state index contributed by atoms with van der Waals surface area (Å²) >= 11 is 0. The topological polar surface area (TPSA) is 79.2 Å². The van der Waals surface area contributed by atoms with Crippen molar-refractivity contribution >= 4 is 0 Å². The molecule has 1 rings (SSSR count). The average molecular weight is 234 g/mol. The molecule has 0 aromatic carbocycles. The molecule has 0 amide bonds. The Morgan fingerprint density at radius 2 is 2.00 bits per heavy atom. The van der Waals surface area contributed by atoms with Gasteiger partial charge in [-0.2, -0.15) is 0 Å². The Balaban J connectivity index is 2.27. The fraction of sp³-hybridized carbons (Fsp3) is 1.00. The van der Waals surface area contributed by atoms with Crippen molar-refractivity contribution in [3.05, 3.63) is 0 Å². The second-order valence-electron chi connectivity index (χ2n) is 4.38. The molecule has 1 aliphatic rings. The van der Waals surface area contributed by atoms with Crippen molar-refractivity contribution in [2.45, 2.75) is 51.3 Å². The number of aliphatic hydroxyl groups excluding tert-OH is 3. The highest BCUT2D eigenvalue weighted by Gasteiger charge is 2.42. The molecule has 0 bridgehead atoms. The lowest BCUT2D eigenvalue weighted by Gasteiger charge is -2.16. The van der Waals surface area contributed by atoms with Gasteiger partial charge in [-0.25, -0.2) is 0 Å². The SMILES string of the molecule is CCC(C)CCOC1OC(CO)[C@@H](O)C1O. The fourth-order valence-electron chi connectivity index (χ4n) is 1.59. The third-order valence-corrected chi connectivity index (χ3v) is 3.09. The van der Waals surface area contributed by atoms with Gasteiger partial charge in [0.15, 0.2) is 6.29 Å². The Hall–Kier alpha value is -0.200. The quantitative estimate of drug-likeness (QED) is 0.597. The van der Waals surface area contributed by atoms with Gasteiger partial charge in [-0.3, -0.25) is 0 Å². The molecule has 0 saturated carbocycles. The molecule has 0 radical (unpaired) electrons. The van der Waals surface area contributed by atoms with Crippen molar-refractivity contribution in [2.75, 3.05) is 13.2 Å². The maximum absolute atomic E-state index is 9.57. The van der Waals surface area contributed by atoms with Crippen LogP contribution in [-0.4, -0.2) is 53.1 Å². The lowest BCUT2D eigenvalue weighted by atomic mass is 10.1. The zero-order valence-electron chi connectivity index (χ0n) is 9.87. The Bertz CT molecular complexity index is 199. The Morgan fingerprint density at radius 3 is 2.50 bits per heavy atom. The van der Waals surface area contributed by atoms with Crippen LogP contribution in [0.25, 0.3) is 0 Å². The van der Waals surface area contributed by atoms with Crippen molar-refractivity contribution in [1.29, 1.82) is 0 Å². The molecule has 1 fully saturated rings. The molecule has 1 saturated heterocycles. The smallest absolute Gasteiger partial charge is 0.186 e. The van der Waals surface area contributed by atoms with E-state index in [0.29, 0.717) is 12.5 Å². The summed E-state index contributed by atoms with van der Waals surface area (Å²) in [5.74, 6) is 0.567. The molecule has 4 unspecified atom stereocenters. The molecule has 5 nitrogen and oxygen atoms in total. The highest BCUT2D eigenvalue weighted by atomic mass is 16.7. The third-order valence-electron chi connectivity index (χ3n) is 3.09. The molecule has 3 N–H and O–H groups in total. The molecule has 1 aliphatic heterocycles. The van der Waals surface area contributed by atoms with Crippen LogP contribution >= 0.6 is 0 Å². The van der Waals surface area contributed by atoms with E-state index < -0.39 is 24.6 Å². The first-order chi connectivity index (χ1) is 7.60. The van der Waals surface area contributed by atoms with Crippen molar-refractivity contribution in [2.24, 2.45) is 5.92 Å². The predicted molar refractivity (Wildman–Crippen MR) is 57.8 cm³/mol. The molecule has 0 aliphatic carbocycles. The van der Waals surface area contributed by atoms with Gasteiger partial charge in [-0.15, -0.1) is 0 Å². The summed E-state index contributed by atoms with van der Waals surface area (Å²) in [4.78, 5) is 0. The monoisotopic (exact) mass is 234 g/mol. The van der Waals surface area contributed by atoms with E-state index in [1.165, 1.54) is 0 Å². The molecule has 0 spiro atoms. The van der Waals surface area contributed by atoms with Gasteiger partial charge in [0.1, 0.15) is 18.3 Å². The Morgan fingerprint density at radius 1 is 1.31 bits per heavy atom. The second-order valence-corrected chi connectivity index (χ2v) is 4.38. The highest BCUT2D eigenvalue weighted by molar-refractivity contribution is 4.86. The average Bonchev–Trinajstić information content (AvgIpc) is 2.56. The number of ether oxygens (including phenoxy) is 2. The van der Waals surface area contributed by atoms with Crippen LogP contribution in [0.3, 0.4) is 0 Å². The summed E-state index contributed by atoms with van der Waals surface area (Å²) in [6.45, 7) is 4.41. The summed E-state index contributed by atoms with van der Waals surface area (Å²) in [5.41, 5.74) is 0. The Labute approximate surface area is 96.0 Å². The largest absolute Gasteiger partial charge is 0.394 e. The van der Waals surface area contributed by atoms with Crippen molar-refractivity contribution in [1.82, 2.24) is 0 Å². The predicted octanol–water partition coefficient (Wildman–Crippen LogP) is -0.122.